The van der Waals surface area contributed by atoms with Gasteiger partial charge in [-0.05, 0) is 17.9 Å². The van der Waals surface area contributed by atoms with Crippen molar-refractivity contribution in [3.8, 4) is 0 Å². The van der Waals surface area contributed by atoms with Gasteiger partial charge in [0.25, 0.3) is 0 Å². The van der Waals surface area contributed by atoms with Crippen molar-refractivity contribution in [2.45, 2.75) is 38.2 Å². The van der Waals surface area contributed by atoms with Crippen LogP contribution in [0.1, 0.15) is 18.9 Å². The molecule has 5 heteroatoms. The van der Waals surface area contributed by atoms with Crippen molar-refractivity contribution in [3.05, 3.63) is 35.9 Å². The summed E-state index contributed by atoms with van der Waals surface area (Å²) in [6, 6.07) is 9.79. The van der Waals surface area contributed by atoms with E-state index in [0.29, 0.717) is 19.1 Å². The quantitative estimate of drug-likeness (QED) is 0.618. The lowest BCUT2D eigenvalue weighted by atomic mass is 9.84. The minimum atomic E-state index is -0.223. The molecule has 1 aromatic rings. The molecule has 4 nitrogen and oxygen atoms in total. The fraction of sp³-hybridized carbons (Fsp3) is 0.562. The van der Waals surface area contributed by atoms with Crippen LogP contribution in [-0.2, 0) is 25.6 Å². The second kappa shape index (κ2) is 6.20. The average Bonchev–Trinajstić information content (AvgIpc) is 2.73. The van der Waals surface area contributed by atoms with Crippen LogP contribution in [-0.4, -0.2) is 38.6 Å². The van der Waals surface area contributed by atoms with Crippen molar-refractivity contribution < 1.29 is 19.0 Å². The summed E-state index contributed by atoms with van der Waals surface area (Å²) < 4.78 is 17.3. The van der Waals surface area contributed by atoms with Crippen molar-refractivity contribution in [2.75, 3.05) is 6.61 Å². The summed E-state index contributed by atoms with van der Waals surface area (Å²) in [5.41, 5.74) is 1.00. The van der Waals surface area contributed by atoms with E-state index in [2.05, 4.69) is 6.92 Å². The van der Waals surface area contributed by atoms with E-state index in [1.807, 2.05) is 38.2 Å². The number of fused-ring (bicyclic) bond motifs is 4. The summed E-state index contributed by atoms with van der Waals surface area (Å²) in [7, 11) is 2.02. The number of hydrogen-bond donors (Lipinski definition) is 0. The van der Waals surface area contributed by atoms with Crippen LogP contribution in [0.2, 0.25) is 0 Å². The third kappa shape index (κ3) is 3.14. The molecule has 0 saturated carbocycles. The Morgan fingerprint density at radius 3 is 2.86 bits per heavy atom. The summed E-state index contributed by atoms with van der Waals surface area (Å²) in [6.45, 7) is 2.93. The Bertz CT molecular complexity index is 492. The van der Waals surface area contributed by atoms with Gasteiger partial charge in [0, 0.05) is 0 Å². The van der Waals surface area contributed by atoms with Crippen molar-refractivity contribution in [3.63, 3.8) is 0 Å². The standard InChI is InChI=1S/C16H21BO4/c1-10-7-12(13-9-19-14(10)15(17)21-13)16(18)20-8-11-5-3-2-4-6-11/h2-6,10,12-15H,7-9,17H2,1H3/t10?,12?,13?,14?,15-/m1/s1. The molecule has 1 aromatic carbocycles. The van der Waals surface area contributed by atoms with Crippen LogP contribution in [0.5, 0.6) is 0 Å². The molecule has 2 bridgehead atoms. The third-order valence-electron chi connectivity index (χ3n) is 4.47. The Balaban J connectivity index is 1.64. The van der Waals surface area contributed by atoms with Gasteiger partial charge >= 0.3 is 5.97 Å². The second-order valence-electron chi connectivity index (χ2n) is 6.09. The summed E-state index contributed by atoms with van der Waals surface area (Å²) in [4.78, 5) is 12.4. The number of ether oxygens (including phenoxy) is 3. The van der Waals surface area contributed by atoms with Crippen molar-refractivity contribution in [1.29, 1.82) is 0 Å². The predicted octanol–water partition coefficient (Wildman–Crippen LogP) is 1.13. The van der Waals surface area contributed by atoms with Gasteiger partial charge in [0.15, 0.2) is 0 Å². The highest BCUT2D eigenvalue weighted by molar-refractivity contribution is 6.11. The van der Waals surface area contributed by atoms with E-state index in [1.165, 1.54) is 0 Å². The van der Waals surface area contributed by atoms with Gasteiger partial charge < -0.3 is 14.2 Å². The highest BCUT2D eigenvalue weighted by Crippen LogP contribution is 2.35. The molecule has 3 heterocycles. The molecule has 5 atom stereocenters. The van der Waals surface area contributed by atoms with Gasteiger partial charge in [0.1, 0.15) is 14.5 Å². The summed E-state index contributed by atoms with van der Waals surface area (Å²) in [6.07, 6.45) is 0.686. The maximum Gasteiger partial charge on any atom is 0.312 e. The van der Waals surface area contributed by atoms with Crippen molar-refractivity contribution in [2.24, 2.45) is 11.8 Å². The first kappa shape index (κ1) is 14.6. The van der Waals surface area contributed by atoms with Crippen molar-refractivity contribution >= 4 is 13.8 Å². The number of carbonyl (C=O) groups is 1. The molecule has 0 aliphatic carbocycles. The highest BCUT2D eigenvalue weighted by atomic mass is 16.6. The highest BCUT2D eigenvalue weighted by Gasteiger charge is 2.45. The van der Waals surface area contributed by atoms with Crippen LogP contribution in [0.3, 0.4) is 0 Å². The lowest BCUT2D eigenvalue weighted by molar-refractivity contribution is -0.174. The Morgan fingerprint density at radius 1 is 1.38 bits per heavy atom. The van der Waals surface area contributed by atoms with Crippen LogP contribution < -0.4 is 0 Å². The van der Waals surface area contributed by atoms with Gasteiger partial charge in [0.05, 0.1) is 30.7 Å². The molecule has 3 fully saturated rings. The summed E-state index contributed by atoms with van der Waals surface area (Å²) in [5, 5.41) is 0. The normalized spacial score (nSPS) is 35.2. The molecule has 0 amide bonds. The van der Waals surface area contributed by atoms with Gasteiger partial charge in [0.2, 0.25) is 0 Å². The van der Waals surface area contributed by atoms with Gasteiger partial charge in [-0.25, -0.2) is 0 Å². The molecule has 4 unspecified atom stereocenters. The Kier molecular flexibility index (Phi) is 4.31. The smallest absolute Gasteiger partial charge is 0.312 e. The molecule has 3 aliphatic rings. The van der Waals surface area contributed by atoms with Crippen LogP contribution >= 0.6 is 0 Å². The van der Waals surface area contributed by atoms with Gasteiger partial charge in [-0.15, -0.1) is 0 Å². The summed E-state index contributed by atoms with van der Waals surface area (Å²) in [5.74, 6) is -0.0884. The zero-order valence-electron chi connectivity index (χ0n) is 12.5. The topological polar surface area (TPSA) is 44.8 Å². The maximum atomic E-state index is 12.4. The van der Waals surface area contributed by atoms with Crippen LogP contribution in [0.15, 0.2) is 30.3 Å². The first-order valence-corrected chi connectivity index (χ1v) is 7.63. The van der Waals surface area contributed by atoms with E-state index in [4.69, 9.17) is 14.2 Å². The first-order valence-electron chi connectivity index (χ1n) is 7.63. The second-order valence-corrected chi connectivity index (χ2v) is 6.09. The monoisotopic (exact) mass is 288 g/mol. The van der Waals surface area contributed by atoms with Gasteiger partial charge in [-0.2, -0.15) is 0 Å². The third-order valence-corrected chi connectivity index (χ3v) is 4.47. The number of rotatable bonds is 3. The largest absolute Gasteiger partial charge is 0.461 e. The lowest BCUT2D eigenvalue weighted by Gasteiger charge is -2.34. The number of hydrogen-bond acceptors (Lipinski definition) is 4. The summed E-state index contributed by atoms with van der Waals surface area (Å²) >= 11 is 0. The van der Waals surface area contributed by atoms with E-state index >= 15 is 0 Å². The van der Waals surface area contributed by atoms with E-state index in [-0.39, 0.29) is 30.1 Å². The van der Waals surface area contributed by atoms with Gasteiger partial charge in [-0.3, -0.25) is 4.79 Å². The first-order chi connectivity index (χ1) is 10.1. The minimum Gasteiger partial charge on any atom is -0.461 e. The zero-order chi connectivity index (χ0) is 14.8. The fourth-order valence-corrected chi connectivity index (χ4v) is 3.34. The van der Waals surface area contributed by atoms with Crippen LogP contribution in [0.25, 0.3) is 0 Å². The molecule has 0 spiro atoms. The Labute approximate surface area is 126 Å². The molecule has 112 valence electrons. The van der Waals surface area contributed by atoms with E-state index in [0.717, 1.165) is 12.0 Å². The molecule has 0 radical (unpaired) electrons. The van der Waals surface area contributed by atoms with Crippen LogP contribution in [0, 0.1) is 11.8 Å². The van der Waals surface area contributed by atoms with E-state index in [9.17, 15) is 4.79 Å². The number of esters is 1. The predicted molar refractivity (Wildman–Crippen MR) is 80.5 cm³/mol. The van der Waals surface area contributed by atoms with Crippen LogP contribution in [0.4, 0.5) is 0 Å². The molecule has 3 saturated heterocycles. The Hall–Kier alpha value is -1.33. The Morgan fingerprint density at radius 2 is 2.14 bits per heavy atom. The molecule has 0 aromatic heterocycles. The molecule has 3 aliphatic heterocycles. The minimum absolute atomic E-state index is 0.0469. The number of carbonyl (C=O) groups excluding carboxylic acids is 1. The molecular weight excluding hydrogens is 267 g/mol. The molecule has 0 N–H and O–H groups in total. The molecular formula is C16H21BO4. The average molecular weight is 288 g/mol. The number of benzene rings is 1. The fourth-order valence-electron chi connectivity index (χ4n) is 3.34. The van der Waals surface area contributed by atoms with E-state index in [1.54, 1.807) is 0 Å². The van der Waals surface area contributed by atoms with E-state index < -0.39 is 0 Å². The lowest BCUT2D eigenvalue weighted by Crippen LogP contribution is -2.45. The molecule has 21 heavy (non-hydrogen) atoms. The van der Waals surface area contributed by atoms with Crippen molar-refractivity contribution in [1.82, 2.24) is 0 Å². The molecule has 4 rings (SSSR count). The SMILES string of the molecule is B[C@@H]1OC2COC1C(C)CC2C(=O)OCc1ccccc1. The van der Waals surface area contributed by atoms with Gasteiger partial charge in [-0.1, -0.05) is 37.3 Å². The maximum absolute atomic E-state index is 12.4. The zero-order valence-corrected chi connectivity index (χ0v) is 12.5.